The van der Waals surface area contributed by atoms with Gasteiger partial charge in [-0.1, -0.05) is 164 Å². The van der Waals surface area contributed by atoms with E-state index in [0.717, 1.165) is 39.1 Å². The molecule has 55 heavy (non-hydrogen) atoms. The number of benzene rings is 7. The molecule has 11 rings (SSSR count). The first kappa shape index (κ1) is 31.2. The Labute approximate surface area is 319 Å². The maximum atomic E-state index is 5.07. The van der Waals surface area contributed by atoms with Crippen LogP contribution in [-0.4, -0.2) is 19.9 Å². The number of hydrogen-bond donors (Lipinski definition) is 0. The minimum Gasteiger partial charge on any atom is -0.255 e. The van der Waals surface area contributed by atoms with Crippen LogP contribution in [0, 0.1) is 0 Å². The minimum atomic E-state index is -0.398. The summed E-state index contributed by atoms with van der Waals surface area (Å²) in [4.78, 5) is 19.9. The van der Waals surface area contributed by atoms with Crippen LogP contribution in [0.3, 0.4) is 0 Å². The molecule has 0 saturated carbocycles. The summed E-state index contributed by atoms with van der Waals surface area (Å²) in [6, 6.07) is 66.7. The molecule has 0 radical (unpaired) electrons. The van der Waals surface area contributed by atoms with Gasteiger partial charge in [-0.2, -0.15) is 0 Å². The molecule has 0 amide bonds. The van der Waals surface area contributed by atoms with E-state index in [2.05, 4.69) is 127 Å². The van der Waals surface area contributed by atoms with Crippen molar-refractivity contribution in [1.82, 2.24) is 19.9 Å². The van der Waals surface area contributed by atoms with Gasteiger partial charge in [0.1, 0.15) is 0 Å². The van der Waals surface area contributed by atoms with Gasteiger partial charge >= 0.3 is 0 Å². The molecule has 0 saturated heterocycles. The lowest BCUT2D eigenvalue weighted by atomic mass is 9.70. The zero-order chi connectivity index (χ0) is 36.3. The van der Waals surface area contributed by atoms with Gasteiger partial charge in [0, 0.05) is 28.5 Å². The van der Waals surface area contributed by atoms with Gasteiger partial charge < -0.3 is 0 Å². The van der Waals surface area contributed by atoms with Crippen LogP contribution in [0.2, 0.25) is 0 Å². The summed E-state index contributed by atoms with van der Waals surface area (Å²) in [5.41, 5.74) is 17.0. The Morgan fingerprint density at radius 2 is 0.745 bits per heavy atom. The predicted molar refractivity (Wildman–Crippen MR) is 221 cm³/mol. The molecule has 2 aromatic heterocycles. The van der Waals surface area contributed by atoms with E-state index in [0.29, 0.717) is 17.5 Å². The molecule has 9 aromatic rings. The van der Waals surface area contributed by atoms with Crippen LogP contribution in [0.5, 0.6) is 0 Å². The van der Waals surface area contributed by atoms with Gasteiger partial charge in [-0.25, -0.2) is 15.0 Å². The molecule has 0 N–H and O–H groups in total. The largest absolute Gasteiger partial charge is 0.255 e. The van der Waals surface area contributed by atoms with Crippen LogP contribution in [-0.2, 0) is 5.41 Å². The fourth-order valence-corrected chi connectivity index (χ4v) is 8.77. The normalized spacial score (nSPS) is 12.9. The van der Waals surface area contributed by atoms with Crippen LogP contribution in [0.1, 0.15) is 22.3 Å². The van der Waals surface area contributed by atoms with E-state index in [4.69, 9.17) is 19.9 Å². The molecule has 0 fully saturated rings. The summed E-state index contributed by atoms with van der Waals surface area (Å²) < 4.78 is 0. The van der Waals surface area contributed by atoms with Gasteiger partial charge in [0.15, 0.2) is 17.5 Å². The molecule has 0 aliphatic heterocycles. The van der Waals surface area contributed by atoms with Crippen molar-refractivity contribution in [2.24, 2.45) is 0 Å². The molecule has 256 valence electrons. The predicted octanol–water partition coefficient (Wildman–Crippen LogP) is 11.9. The zero-order valence-corrected chi connectivity index (χ0v) is 29.8. The van der Waals surface area contributed by atoms with Crippen molar-refractivity contribution in [1.29, 1.82) is 0 Å². The van der Waals surface area contributed by atoms with Crippen LogP contribution in [0.4, 0.5) is 0 Å². The number of fused-ring (bicyclic) bond motifs is 10. The molecular formula is C51H32N4. The lowest BCUT2D eigenvalue weighted by Crippen LogP contribution is -2.25. The Morgan fingerprint density at radius 1 is 0.291 bits per heavy atom. The first-order valence-corrected chi connectivity index (χ1v) is 18.6. The van der Waals surface area contributed by atoms with Crippen molar-refractivity contribution >= 4 is 0 Å². The Bertz CT molecular complexity index is 2850. The second-order valence-corrected chi connectivity index (χ2v) is 14.2. The molecule has 4 heteroatoms. The van der Waals surface area contributed by atoms with Crippen molar-refractivity contribution in [2.45, 2.75) is 5.41 Å². The fraction of sp³-hybridized carbons (Fsp3) is 0.0196. The van der Waals surface area contributed by atoms with E-state index < -0.39 is 5.41 Å². The SMILES string of the molecule is c1ccc(-c2ccc(-c3nc(-c4ccccc4)nc(-c4cccc(-c5ccc6c(c5)C5(c7ccccc7-c7ccccc75)c5ccccc5-6)c4)n3)cn2)cc1. The highest BCUT2D eigenvalue weighted by molar-refractivity contribution is 5.96. The van der Waals surface area contributed by atoms with E-state index in [1.165, 1.54) is 44.5 Å². The molecule has 1 spiro atoms. The number of hydrogen-bond acceptors (Lipinski definition) is 4. The summed E-state index contributed by atoms with van der Waals surface area (Å²) in [6.07, 6.45) is 1.85. The van der Waals surface area contributed by atoms with Gasteiger partial charge in [-0.15, -0.1) is 0 Å². The Hall–Kier alpha value is -7.30. The van der Waals surface area contributed by atoms with Gasteiger partial charge in [-0.3, -0.25) is 4.98 Å². The van der Waals surface area contributed by atoms with Gasteiger partial charge in [0.05, 0.1) is 11.1 Å². The van der Waals surface area contributed by atoms with Crippen LogP contribution >= 0.6 is 0 Å². The number of aromatic nitrogens is 4. The molecule has 7 aromatic carbocycles. The van der Waals surface area contributed by atoms with Crippen LogP contribution < -0.4 is 0 Å². The smallest absolute Gasteiger partial charge is 0.165 e. The summed E-state index contributed by atoms with van der Waals surface area (Å²) in [5, 5.41) is 0. The highest BCUT2D eigenvalue weighted by Gasteiger charge is 2.51. The van der Waals surface area contributed by atoms with E-state index in [1.54, 1.807) is 0 Å². The average Bonchev–Trinajstić information content (AvgIpc) is 3.74. The summed E-state index contributed by atoms with van der Waals surface area (Å²) in [6.45, 7) is 0. The molecule has 0 bridgehead atoms. The maximum absolute atomic E-state index is 5.07. The van der Waals surface area contributed by atoms with E-state index in [9.17, 15) is 0 Å². The van der Waals surface area contributed by atoms with Crippen molar-refractivity contribution in [3.63, 3.8) is 0 Å². The summed E-state index contributed by atoms with van der Waals surface area (Å²) >= 11 is 0. The van der Waals surface area contributed by atoms with Crippen molar-refractivity contribution in [2.75, 3.05) is 0 Å². The molecule has 2 heterocycles. The Kier molecular flexibility index (Phi) is 7.04. The average molecular weight is 701 g/mol. The summed E-state index contributed by atoms with van der Waals surface area (Å²) in [7, 11) is 0. The lowest BCUT2D eigenvalue weighted by Gasteiger charge is -2.30. The third kappa shape index (κ3) is 4.85. The van der Waals surface area contributed by atoms with Crippen molar-refractivity contribution in [3.8, 4) is 78.8 Å². The van der Waals surface area contributed by atoms with E-state index in [-0.39, 0.29) is 0 Å². The van der Waals surface area contributed by atoms with E-state index in [1.807, 2.05) is 66.9 Å². The first-order valence-electron chi connectivity index (χ1n) is 18.6. The lowest BCUT2D eigenvalue weighted by molar-refractivity contribution is 0.794. The quantitative estimate of drug-likeness (QED) is 0.179. The van der Waals surface area contributed by atoms with E-state index >= 15 is 0 Å². The Morgan fingerprint density at radius 3 is 1.35 bits per heavy atom. The molecule has 2 aliphatic rings. The highest BCUT2D eigenvalue weighted by atomic mass is 15.0. The molecule has 0 atom stereocenters. The third-order valence-corrected chi connectivity index (χ3v) is 11.2. The second-order valence-electron chi connectivity index (χ2n) is 14.2. The third-order valence-electron chi connectivity index (χ3n) is 11.2. The number of rotatable bonds is 5. The number of pyridine rings is 1. The van der Waals surface area contributed by atoms with Crippen LogP contribution in [0.25, 0.3) is 78.8 Å². The minimum absolute atomic E-state index is 0.398. The molecular weight excluding hydrogens is 669 g/mol. The molecule has 0 unspecified atom stereocenters. The Balaban J connectivity index is 1.05. The zero-order valence-electron chi connectivity index (χ0n) is 29.8. The van der Waals surface area contributed by atoms with Crippen LogP contribution in [0.15, 0.2) is 194 Å². The first-order chi connectivity index (χ1) is 27.3. The van der Waals surface area contributed by atoms with Gasteiger partial charge in [0.2, 0.25) is 0 Å². The topological polar surface area (TPSA) is 51.6 Å². The fourth-order valence-electron chi connectivity index (χ4n) is 8.77. The molecule has 4 nitrogen and oxygen atoms in total. The maximum Gasteiger partial charge on any atom is 0.165 e. The van der Waals surface area contributed by atoms with Gasteiger partial charge in [-0.05, 0) is 79.9 Å². The summed E-state index contributed by atoms with van der Waals surface area (Å²) in [5.74, 6) is 1.81. The number of nitrogens with zero attached hydrogens (tertiary/aromatic N) is 4. The molecule has 2 aliphatic carbocycles. The second kappa shape index (κ2) is 12.4. The van der Waals surface area contributed by atoms with Gasteiger partial charge in [0.25, 0.3) is 0 Å². The van der Waals surface area contributed by atoms with Crippen molar-refractivity contribution < 1.29 is 0 Å². The monoisotopic (exact) mass is 700 g/mol. The standard InChI is InChI=1S/C51H32N4/c1-3-14-33(15-4-1)47-29-27-38(32-52-47)50-54-48(34-16-5-2-6-17-34)53-49(55-50)37-19-13-18-35(30-37)36-26-28-42-41-22-9-12-25-45(41)51(46(42)31-36)43-23-10-7-20-39(43)40-21-8-11-24-44(40)51/h1-32H. The van der Waals surface area contributed by atoms with Crippen molar-refractivity contribution in [3.05, 3.63) is 217 Å². The highest BCUT2D eigenvalue weighted by Crippen LogP contribution is 2.63.